The molecule has 0 aliphatic carbocycles. The van der Waals surface area contributed by atoms with Gasteiger partial charge in [0.25, 0.3) is 0 Å². The molecule has 0 bridgehead atoms. The molecule has 8 aromatic carbocycles. The van der Waals surface area contributed by atoms with Crippen LogP contribution in [0.25, 0.3) is 178 Å². The first-order chi connectivity index (χ1) is 57.8. The summed E-state index contributed by atoms with van der Waals surface area (Å²) in [4.78, 5) is 18.1. The fourth-order valence-electron chi connectivity index (χ4n) is 16.1. The van der Waals surface area contributed by atoms with E-state index in [0.29, 0.717) is 50.7 Å². The molecule has 0 saturated carbocycles. The average molecular weight is 1600 g/mol. The summed E-state index contributed by atoms with van der Waals surface area (Å²) in [5.74, 6) is -5.36. The normalized spacial score (nSPS) is 11.5. The summed E-state index contributed by atoms with van der Waals surface area (Å²) < 4.78 is 132. The maximum atomic E-state index is 14.7. The van der Waals surface area contributed by atoms with Crippen LogP contribution in [0.3, 0.4) is 0 Å². The summed E-state index contributed by atoms with van der Waals surface area (Å²) in [7, 11) is 7.70. The molecule has 0 saturated heterocycles. The van der Waals surface area contributed by atoms with Gasteiger partial charge in [-0.2, -0.15) is 0 Å². The molecule has 0 fully saturated rings. The number of benzene rings is 8. The van der Waals surface area contributed by atoms with Crippen molar-refractivity contribution < 1.29 is 66.7 Å². The largest absolute Gasteiger partial charge is 0.437 e. The Morgan fingerprint density at radius 1 is 0.250 bits per heavy atom. The van der Waals surface area contributed by atoms with E-state index < -0.39 is 34.9 Å². The van der Waals surface area contributed by atoms with Crippen LogP contribution in [0.15, 0.2) is 261 Å². The van der Waals surface area contributed by atoms with E-state index in [2.05, 4.69) is 55.7 Å². The van der Waals surface area contributed by atoms with Gasteiger partial charge in [0.2, 0.25) is 45.6 Å². The molecular weight excluding hydrogens is 1520 g/mol. The fourth-order valence-corrected chi connectivity index (χ4v) is 16.1. The van der Waals surface area contributed by atoms with Crippen LogP contribution in [0.2, 0.25) is 0 Å². The summed E-state index contributed by atoms with van der Waals surface area (Å²) in [6.07, 6.45) is 7.54. The maximum absolute atomic E-state index is 14.7. The lowest BCUT2D eigenvalue weighted by atomic mass is 9.94. The van der Waals surface area contributed by atoms with Crippen molar-refractivity contribution in [3.8, 4) is 89.5 Å². The average Bonchev–Trinajstić information content (AvgIpc) is 1.56. The molecule has 20 aromatic rings. The van der Waals surface area contributed by atoms with Crippen molar-refractivity contribution in [2.45, 2.75) is 62.3 Å². The van der Waals surface area contributed by atoms with Gasteiger partial charge < -0.3 is 17.7 Å². The third-order valence-corrected chi connectivity index (χ3v) is 22.3. The van der Waals surface area contributed by atoms with Crippen molar-refractivity contribution in [1.29, 1.82) is 0 Å². The monoisotopic (exact) mass is 1600 g/mol. The molecule has 0 unspecified atom stereocenters. The van der Waals surface area contributed by atoms with Gasteiger partial charge in [-0.25, -0.2) is 68.9 Å². The molecule has 0 N–H and O–H groups in total. The van der Waals surface area contributed by atoms with Gasteiger partial charge in [-0.1, -0.05) is 97.1 Å². The lowest BCUT2D eigenvalue weighted by molar-refractivity contribution is -0.660. The highest BCUT2D eigenvalue weighted by Crippen LogP contribution is 2.45. The number of aryl methyl sites for hydroxylation is 13. The Morgan fingerprint density at radius 3 is 1.02 bits per heavy atom. The number of furan rings is 4. The van der Waals surface area contributed by atoms with Crippen molar-refractivity contribution in [2.24, 2.45) is 28.2 Å². The van der Waals surface area contributed by atoms with E-state index in [1.54, 1.807) is 55.6 Å². The molecule has 0 spiro atoms. The molecule has 0 atom stereocenters. The second-order valence-electron chi connectivity index (χ2n) is 30.5. The van der Waals surface area contributed by atoms with E-state index in [0.717, 1.165) is 179 Å². The van der Waals surface area contributed by atoms with Crippen LogP contribution < -0.4 is 18.3 Å². The van der Waals surface area contributed by atoms with E-state index in [1.165, 1.54) is 18.2 Å². The van der Waals surface area contributed by atoms with Crippen LogP contribution in [0.4, 0.5) is 30.7 Å². The highest BCUT2D eigenvalue weighted by atomic mass is 19.2. The number of halogens is 7. The first kappa shape index (κ1) is 78.2. The Labute approximate surface area is 685 Å². The van der Waals surface area contributed by atoms with Crippen LogP contribution in [0.5, 0.6) is 0 Å². The van der Waals surface area contributed by atoms with Gasteiger partial charge in [0.15, 0.2) is 82.0 Å². The second-order valence-corrected chi connectivity index (χ2v) is 30.5. The van der Waals surface area contributed by atoms with Crippen molar-refractivity contribution >= 4 is 88.3 Å². The predicted molar refractivity (Wildman–Crippen MR) is 457 cm³/mol. The van der Waals surface area contributed by atoms with Crippen LogP contribution in [-0.2, 0) is 28.2 Å². The summed E-state index contributed by atoms with van der Waals surface area (Å²) >= 11 is 0. The number of aromatic nitrogens is 8. The van der Waals surface area contributed by atoms with E-state index >= 15 is 0 Å². The molecule has 20 rings (SSSR count). The van der Waals surface area contributed by atoms with Gasteiger partial charge >= 0.3 is 0 Å². The molecule has 12 heterocycles. The number of nitrogens with zero attached hydrogens (tertiary/aromatic N) is 8. The molecule has 0 aliphatic heterocycles. The molecule has 19 heteroatoms. The van der Waals surface area contributed by atoms with Gasteiger partial charge in [0.1, 0.15) is 34.0 Å². The topological polar surface area (TPSA) is 120 Å². The smallest absolute Gasteiger partial charge is 0.227 e. The summed E-state index contributed by atoms with van der Waals surface area (Å²) in [5.41, 5.74) is 25.2. The third-order valence-electron chi connectivity index (χ3n) is 22.3. The molecule has 12 aromatic heterocycles. The van der Waals surface area contributed by atoms with Crippen LogP contribution in [-0.4, -0.2) is 19.9 Å². The SMILES string of the molecule is Cc1ccc2c(n1)oc1c(-c3c(-c4ccc(C)c(F)c4)ccc[n+]3C)c(C)ccc12.Cc1ccc2c(n1)oc1c(-c3c(-c4cccc(F)c4F)ccc[n+]3C)c(C)ccc12.Cc1ccc2c(n1)oc1c(-c3cc(-c4cccc(F)c4F)cc[n+]3C)c(C)ccc12.Cc1ccc2c(n1)oc1c(-c3ccc(-c4cccc(F)c4F)c[n+]3C)c(C)ccc12. The predicted octanol–water partition coefficient (Wildman–Crippen LogP) is 24.3. The molecule has 0 amide bonds. The maximum Gasteiger partial charge on any atom is 0.227 e. The van der Waals surface area contributed by atoms with Crippen molar-refractivity contribution in [2.75, 3.05) is 0 Å². The minimum Gasteiger partial charge on any atom is -0.437 e. The van der Waals surface area contributed by atoms with Crippen molar-refractivity contribution in [1.82, 2.24) is 19.9 Å². The van der Waals surface area contributed by atoms with E-state index in [-0.39, 0.29) is 22.5 Å². The Morgan fingerprint density at radius 2 is 0.592 bits per heavy atom. The molecule has 120 heavy (non-hydrogen) atoms. The highest BCUT2D eigenvalue weighted by molar-refractivity contribution is 6.13. The zero-order valence-corrected chi connectivity index (χ0v) is 68.0. The van der Waals surface area contributed by atoms with Gasteiger partial charge in [-0.3, -0.25) is 0 Å². The first-order valence-electron chi connectivity index (χ1n) is 39.0. The minimum absolute atomic E-state index is 0.205. The lowest BCUT2D eigenvalue weighted by Gasteiger charge is -2.11. The van der Waals surface area contributed by atoms with Gasteiger partial charge in [-0.05, 0) is 192 Å². The number of rotatable bonds is 8. The van der Waals surface area contributed by atoms with Crippen LogP contribution in [0.1, 0.15) is 50.6 Å². The molecule has 12 nitrogen and oxygen atoms in total. The number of hydrogen-bond donors (Lipinski definition) is 0. The highest BCUT2D eigenvalue weighted by Gasteiger charge is 2.31. The van der Waals surface area contributed by atoms with Gasteiger partial charge in [-0.15, -0.1) is 0 Å². The van der Waals surface area contributed by atoms with Gasteiger partial charge in [0.05, 0.1) is 33.4 Å². The zero-order chi connectivity index (χ0) is 84.0. The Balaban J connectivity index is 0.000000114. The van der Waals surface area contributed by atoms with E-state index in [9.17, 15) is 30.7 Å². The number of hydrogen-bond acceptors (Lipinski definition) is 8. The second kappa shape index (κ2) is 31.3. The number of pyridine rings is 8. The zero-order valence-electron chi connectivity index (χ0n) is 68.0. The Bertz CT molecular complexity index is 7590. The van der Waals surface area contributed by atoms with Crippen LogP contribution in [0, 0.1) is 103 Å². The fraction of sp³-hybridized carbons (Fsp3) is 0.129. The van der Waals surface area contributed by atoms with Crippen molar-refractivity contribution in [3.05, 3.63) is 334 Å². The third kappa shape index (κ3) is 14.1. The van der Waals surface area contributed by atoms with E-state index in [1.807, 2.05) is 224 Å². The molecule has 592 valence electrons. The molecule has 0 radical (unpaired) electrons. The summed E-state index contributed by atoms with van der Waals surface area (Å²) in [6.45, 7) is 17.6. The quantitative estimate of drug-likeness (QED) is 0.109. The van der Waals surface area contributed by atoms with Gasteiger partial charge in [0, 0.05) is 118 Å². The first-order valence-corrected chi connectivity index (χ1v) is 39.0. The minimum atomic E-state index is -0.872. The standard InChI is InChI=1S/C26H22FN2O.3C25H19F2N2O/c1-15-7-10-18(14-22(15)27)19-6-5-13-29(4)24(19)23-16(2)8-11-20-21-12-9-17(3)28-26(21)30-25(20)23;1-14-9-11-18-19-12-10-15(2)28-25(19)30-24(18)21(14)23-17(7-5-13-29(23)3)16-6-4-8-20(26)22(16)27;1-14-7-10-18-19-11-8-15(2)28-25(19)30-24(18)22(14)21-12-9-16(13-29(21)3)17-5-4-6-20(26)23(17)27;1-14-7-9-18-19-10-8-15(2)28-25(19)30-24(18)22(14)21-13-16(11-12-29(21)3)17-5-4-6-20(26)23(17)27/h5-14H,1-4H3;3*4-13H,1-3H3/q4*+1. The molecular formula is C101H79F7N8O4+4. The van der Waals surface area contributed by atoms with Crippen molar-refractivity contribution in [3.63, 3.8) is 0 Å². The summed E-state index contributed by atoms with van der Waals surface area (Å²) in [5, 5.41) is 7.78. The Kier molecular flexibility index (Phi) is 20.4. The number of fused-ring (bicyclic) bond motifs is 12. The Hall–Kier alpha value is -14.3. The summed E-state index contributed by atoms with van der Waals surface area (Å²) in [6, 6.07) is 65.5. The van der Waals surface area contributed by atoms with E-state index in [4.69, 9.17) is 17.7 Å². The lowest BCUT2D eigenvalue weighted by Crippen LogP contribution is -2.31. The molecule has 0 aliphatic rings. The van der Waals surface area contributed by atoms with Crippen LogP contribution >= 0.6 is 0 Å².